The highest BCUT2D eigenvalue weighted by Crippen LogP contribution is 2.23. The van der Waals surface area contributed by atoms with Crippen LogP contribution < -0.4 is 10.2 Å². The van der Waals surface area contributed by atoms with Crippen molar-refractivity contribution in [2.75, 3.05) is 42.9 Å². The molecule has 3 aromatic rings. The van der Waals surface area contributed by atoms with Crippen LogP contribution in [0, 0.1) is 0 Å². The molecular weight excluding hydrogens is 358 g/mol. The molecule has 4 rings (SSSR count). The van der Waals surface area contributed by atoms with Crippen LogP contribution >= 0.6 is 11.6 Å². The molecule has 0 atom stereocenters. The predicted molar refractivity (Wildman–Crippen MR) is 113 cm³/mol. The fourth-order valence-corrected chi connectivity index (χ4v) is 3.67. The van der Waals surface area contributed by atoms with Crippen molar-refractivity contribution in [3.8, 4) is 0 Å². The van der Waals surface area contributed by atoms with Gasteiger partial charge in [0, 0.05) is 48.0 Å². The van der Waals surface area contributed by atoms with Gasteiger partial charge < -0.3 is 10.2 Å². The molecule has 0 bridgehead atoms. The van der Waals surface area contributed by atoms with E-state index < -0.39 is 0 Å². The van der Waals surface area contributed by atoms with E-state index in [1.807, 2.05) is 54.6 Å². The first-order chi connectivity index (χ1) is 13.2. The van der Waals surface area contributed by atoms with Crippen molar-refractivity contribution in [2.45, 2.75) is 0 Å². The van der Waals surface area contributed by atoms with E-state index in [1.165, 1.54) is 5.69 Å². The lowest BCUT2D eigenvalue weighted by atomic mass is 10.1. The lowest BCUT2D eigenvalue weighted by molar-refractivity contribution is -0.117. The Morgan fingerprint density at radius 2 is 1.59 bits per heavy atom. The maximum atomic E-state index is 12.5. The van der Waals surface area contributed by atoms with Gasteiger partial charge in [0.25, 0.3) is 0 Å². The van der Waals surface area contributed by atoms with Crippen molar-refractivity contribution >= 4 is 39.7 Å². The summed E-state index contributed by atoms with van der Waals surface area (Å²) in [6.07, 6.45) is 0. The third kappa shape index (κ3) is 4.24. The van der Waals surface area contributed by atoms with E-state index in [2.05, 4.69) is 27.2 Å². The van der Waals surface area contributed by atoms with Crippen molar-refractivity contribution < 1.29 is 4.79 Å². The molecular formula is C22H22ClN3O. The summed E-state index contributed by atoms with van der Waals surface area (Å²) in [4.78, 5) is 17.1. The maximum Gasteiger partial charge on any atom is 0.238 e. The number of nitrogens with one attached hydrogen (secondary N) is 1. The lowest BCUT2D eigenvalue weighted by Gasteiger charge is -2.35. The Kier molecular flexibility index (Phi) is 5.28. The van der Waals surface area contributed by atoms with Crippen molar-refractivity contribution in [2.24, 2.45) is 0 Å². The number of anilines is 2. The fraction of sp³-hybridized carbons (Fsp3) is 0.227. The van der Waals surface area contributed by atoms with Crippen molar-refractivity contribution in [3.63, 3.8) is 0 Å². The Morgan fingerprint density at radius 3 is 2.37 bits per heavy atom. The number of nitrogens with zero attached hydrogens (tertiary/aromatic N) is 2. The Morgan fingerprint density at radius 1 is 0.889 bits per heavy atom. The first-order valence-electron chi connectivity index (χ1n) is 9.19. The molecule has 0 unspecified atom stereocenters. The summed E-state index contributed by atoms with van der Waals surface area (Å²) in [6, 6.07) is 22.0. The van der Waals surface area contributed by atoms with Crippen LogP contribution in [-0.4, -0.2) is 43.5 Å². The molecule has 27 heavy (non-hydrogen) atoms. The van der Waals surface area contributed by atoms with Crippen molar-refractivity contribution in [3.05, 3.63) is 71.8 Å². The maximum absolute atomic E-state index is 12.5. The SMILES string of the molecule is O=C(CN1CCN(c2ccc(Cl)cc2)CC1)Nc1cccc2ccccc12. The molecule has 1 aliphatic rings. The second-order valence-electron chi connectivity index (χ2n) is 6.81. The smallest absolute Gasteiger partial charge is 0.238 e. The van der Waals surface area contributed by atoms with Crippen LogP contribution in [0.2, 0.25) is 5.02 Å². The van der Waals surface area contributed by atoms with E-state index in [-0.39, 0.29) is 5.91 Å². The second kappa shape index (κ2) is 7.99. The molecule has 138 valence electrons. The number of carbonyl (C=O) groups is 1. The Labute approximate surface area is 164 Å². The molecule has 1 fully saturated rings. The van der Waals surface area contributed by atoms with Gasteiger partial charge in [-0.1, -0.05) is 48.0 Å². The fourth-order valence-electron chi connectivity index (χ4n) is 3.54. The Balaban J connectivity index is 1.33. The number of fused-ring (bicyclic) bond motifs is 1. The Bertz CT molecular complexity index is 928. The van der Waals surface area contributed by atoms with Gasteiger partial charge in [-0.15, -0.1) is 0 Å². The molecule has 1 heterocycles. The quantitative estimate of drug-likeness (QED) is 0.736. The summed E-state index contributed by atoms with van der Waals surface area (Å²) in [6.45, 7) is 3.96. The van der Waals surface area contributed by atoms with Crippen LogP contribution in [0.1, 0.15) is 0 Å². The van der Waals surface area contributed by atoms with Gasteiger partial charge in [-0.05, 0) is 35.7 Å². The average Bonchev–Trinajstić information content (AvgIpc) is 2.69. The molecule has 1 N–H and O–H groups in total. The number of amides is 1. The first kappa shape index (κ1) is 17.8. The zero-order chi connectivity index (χ0) is 18.6. The first-order valence-corrected chi connectivity index (χ1v) is 9.57. The van der Waals surface area contributed by atoms with Gasteiger partial charge in [-0.3, -0.25) is 9.69 Å². The summed E-state index contributed by atoms with van der Waals surface area (Å²) in [7, 11) is 0. The van der Waals surface area contributed by atoms with E-state index >= 15 is 0 Å². The van der Waals surface area contributed by atoms with Crippen LogP contribution in [0.3, 0.4) is 0 Å². The number of benzene rings is 3. The van der Waals surface area contributed by atoms with Gasteiger partial charge in [0.05, 0.1) is 6.54 Å². The minimum atomic E-state index is 0.0336. The molecule has 0 aromatic heterocycles. The zero-order valence-electron chi connectivity index (χ0n) is 15.1. The lowest BCUT2D eigenvalue weighted by Crippen LogP contribution is -2.48. The topological polar surface area (TPSA) is 35.6 Å². The molecule has 1 aliphatic heterocycles. The average molecular weight is 380 g/mol. The number of halogens is 1. The number of carbonyl (C=O) groups excluding carboxylic acids is 1. The van der Waals surface area contributed by atoms with Crippen LogP contribution in [0.25, 0.3) is 10.8 Å². The molecule has 0 spiro atoms. The third-order valence-electron chi connectivity index (χ3n) is 5.00. The molecule has 0 radical (unpaired) electrons. The summed E-state index contributed by atoms with van der Waals surface area (Å²) >= 11 is 5.96. The second-order valence-corrected chi connectivity index (χ2v) is 7.25. The van der Waals surface area contributed by atoms with Gasteiger partial charge in [0.15, 0.2) is 0 Å². The number of hydrogen-bond donors (Lipinski definition) is 1. The predicted octanol–water partition coefficient (Wildman–Crippen LogP) is 4.25. The minimum Gasteiger partial charge on any atom is -0.369 e. The molecule has 1 amide bonds. The van der Waals surface area contributed by atoms with Crippen LogP contribution in [0.4, 0.5) is 11.4 Å². The summed E-state index contributed by atoms with van der Waals surface area (Å²) in [5, 5.41) is 6.03. The van der Waals surface area contributed by atoms with Gasteiger partial charge in [-0.25, -0.2) is 0 Å². The monoisotopic (exact) mass is 379 g/mol. The molecule has 3 aromatic carbocycles. The molecule has 5 heteroatoms. The molecule has 4 nitrogen and oxygen atoms in total. The van der Waals surface area contributed by atoms with Gasteiger partial charge in [0.2, 0.25) is 5.91 Å². The largest absolute Gasteiger partial charge is 0.369 e. The number of rotatable bonds is 4. The van der Waals surface area contributed by atoms with Crippen molar-refractivity contribution in [1.29, 1.82) is 0 Å². The minimum absolute atomic E-state index is 0.0336. The van der Waals surface area contributed by atoms with E-state index in [9.17, 15) is 4.79 Å². The van der Waals surface area contributed by atoms with E-state index in [4.69, 9.17) is 11.6 Å². The van der Waals surface area contributed by atoms with Crippen LogP contribution in [0.15, 0.2) is 66.7 Å². The van der Waals surface area contributed by atoms with Crippen LogP contribution in [0.5, 0.6) is 0 Å². The normalized spacial score (nSPS) is 15.1. The summed E-state index contributed by atoms with van der Waals surface area (Å²) in [5.41, 5.74) is 2.05. The Hall–Kier alpha value is -2.56. The standard InChI is InChI=1S/C22H22ClN3O/c23-18-8-10-19(11-9-18)26-14-12-25(13-15-26)16-22(27)24-21-7-3-5-17-4-1-2-6-20(17)21/h1-11H,12-16H2,(H,24,27). The van der Waals surface area contributed by atoms with E-state index in [1.54, 1.807) is 0 Å². The third-order valence-corrected chi connectivity index (χ3v) is 5.25. The van der Waals surface area contributed by atoms with Crippen LogP contribution in [-0.2, 0) is 4.79 Å². The number of hydrogen-bond acceptors (Lipinski definition) is 3. The van der Waals surface area contributed by atoms with Gasteiger partial charge in [-0.2, -0.15) is 0 Å². The van der Waals surface area contributed by atoms with Gasteiger partial charge in [0.1, 0.15) is 0 Å². The summed E-state index contributed by atoms with van der Waals surface area (Å²) < 4.78 is 0. The zero-order valence-corrected chi connectivity index (χ0v) is 15.8. The highest BCUT2D eigenvalue weighted by Gasteiger charge is 2.19. The molecule has 1 saturated heterocycles. The van der Waals surface area contributed by atoms with Crippen molar-refractivity contribution in [1.82, 2.24) is 4.90 Å². The molecule has 0 saturated carbocycles. The molecule has 0 aliphatic carbocycles. The highest BCUT2D eigenvalue weighted by molar-refractivity contribution is 6.30. The number of piperazine rings is 1. The van der Waals surface area contributed by atoms with E-state index in [0.29, 0.717) is 6.54 Å². The van der Waals surface area contributed by atoms with Gasteiger partial charge >= 0.3 is 0 Å². The van der Waals surface area contributed by atoms with E-state index in [0.717, 1.165) is 47.7 Å². The highest BCUT2D eigenvalue weighted by atomic mass is 35.5. The summed E-state index contributed by atoms with van der Waals surface area (Å²) in [5.74, 6) is 0.0336.